The van der Waals surface area contributed by atoms with Crippen LogP contribution in [0.2, 0.25) is 0 Å². The van der Waals surface area contributed by atoms with Crippen LogP contribution in [0.1, 0.15) is 65.2 Å². The van der Waals surface area contributed by atoms with E-state index in [1.54, 1.807) is 0 Å². The summed E-state index contributed by atoms with van der Waals surface area (Å²) < 4.78 is 0. The van der Waals surface area contributed by atoms with Crippen molar-refractivity contribution in [2.75, 3.05) is 0 Å². The Hall–Kier alpha value is -0.220. The molecule has 3 N–H and O–H groups in total. The summed E-state index contributed by atoms with van der Waals surface area (Å²) in [6.45, 7) is 4.18. The molecule has 4 heteroatoms. The van der Waals surface area contributed by atoms with Crippen molar-refractivity contribution in [2.24, 2.45) is 5.73 Å². The maximum atomic E-state index is 11.8. The minimum absolute atomic E-state index is 0.159. The third kappa shape index (κ3) is 3.88. The SMILES string of the molecule is CC(C)NC1(C(N)=O)CCC(SC2CCCCC2)C1. The normalized spacial score (nSPS) is 32.9. The van der Waals surface area contributed by atoms with Gasteiger partial charge in [-0.05, 0) is 46.0 Å². The van der Waals surface area contributed by atoms with Crippen molar-refractivity contribution in [3.8, 4) is 0 Å². The second-order valence-electron chi connectivity index (χ2n) is 6.51. The van der Waals surface area contributed by atoms with E-state index in [0.717, 1.165) is 24.5 Å². The van der Waals surface area contributed by atoms with E-state index in [9.17, 15) is 4.79 Å². The van der Waals surface area contributed by atoms with Gasteiger partial charge in [0, 0.05) is 16.5 Å². The molecule has 0 aromatic rings. The van der Waals surface area contributed by atoms with Gasteiger partial charge in [0.15, 0.2) is 0 Å². The summed E-state index contributed by atoms with van der Waals surface area (Å²) >= 11 is 2.13. The quantitative estimate of drug-likeness (QED) is 0.816. The lowest BCUT2D eigenvalue weighted by Gasteiger charge is -2.30. The van der Waals surface area contributed by atoms with E-state index in [2.05, 4.69) is 30.9 Å². The Labute approximate surface area is 121 Å². The second-order valence-corrected chi connectivity index (χ2v) is 8.11. The predicted octanol–water partition coefficient (Wildman–Crippen LogP) is 2.83. The molecule has 0 aromatic carbocycles. The molecule has 0 radical (unpaired) electrons. The molecule has 0 aliphatic heterocycles. The van der Waals surface area contributed by atoms with E-state index < -0.39 is 5.54 Å². The van der Waals surface area contributed by atoms with Crippen molar-refractivity contribution in [3.63, 3.8) is 0 Å². The molecule has 0 spiro atoms. The Morgan fingerprint density at radius 1 is 1.21 bits per heavy atom. The highest BCUT2D eigenvalue weighted by molar-refractivity contribution is 8.00. The number of hydrogen-bond donors (Lipinski definition) is 2. The van der Waals surface area contributed by atoms with Crippen LogP contribution in [0, 0.1) is 0 Å². The first-order chi connectivity index (χ1) is 9.02. The number of nitrogens with two attached hydrogens (primary N) is 1. The van der Waals surface area contributed by atoms with Crippen LogP contribution in [-0.4, -0.2) is 28.0 Å². The first-order valence-electron chi connectivity index (χ1n) is 7.75. The fourth-order valence-corrected chi connectivity index (χ4v) is 5.35. The summed E-state index contributed by atoms with van der Waals surface area (Å²) in [4.78, 5) is 11.8. The highest BCUT2D eigenvalue weighted by Crippen LogP contribution is 2.42. The highest BCUT2D eigenvalue weighted by atomic mass is 32.2. The molecule has 2 saturated carbocycles. The van der Waals surface area contributed by atoms with Crippen molar-refractivity contribution < 1.29 is 4.79 Å². The van der Waals surface area contributed by atoms with Crippen molar-refractivity contribution in [3.05, 3.63) is 0 Å². The number of carbonyl (C=O) groups excluding carboxylic acids is 1. The minimum atomic E-state index is -0.444. The van der Waals surface area contributed by atoms with Crippen LogP contribution in [0.3, 0.4) is 0 Å². The maximum Gasteiger partial charge on any atom is 0.237 e. The van der Waals surface area contributed by atoms with E-state index in [0.29, 0.717) is 11.3 Å². The molecule has 19 heavy (non-hydrogen) atoms. The smallest absolute Gasteiger partial charge is 0.237 e. The monoisotopic (exact) mass is 284 g/mol. The highest BCUT2D eigenvalue weighted by Gasteiger charge is 2.44. The largest absolute Gasteiger partial charge is 0.368 e. The third-order valence-electron chi connectivity index (χ3n) is 4.44. The minimum Gasteiger partial charge on any atom is -0.368 e. The van der Waals surface area contributed by atoms with E-state index in [-0.39, 0.29) is 5.91 Å². The fourth-order valence-electron chi connectivity index (χ4n) is 3.57. The van der Waals surface area contributed by atoms with Gasteiger partial charge in [-0.3, -0.25) is 4.79 Å². The molecule has 2 unspecified atom stereocenters. The van der Waals surface area contributed by atoms with Crippen LogP contribution >= 0.6 is 11.8 Å². The number of primary amides is 1. The zero-order chi connectivity index (χ0) is 13.9. The second kappa shape index (κ2) is 6.49. The van der Waals surface area contributed by atoms with Gasteiger partial charge >= 0.3 is 0 Å². The zero-order valence-corrected chi connectivity index (χ0v) is 13.1. The Morgan fingerprint density at radius 3 is 2.47 bits per heavy atom. The van der Waals surface area contributed by atoms with E-state index in [1.807, 2.05) is 0 Å². The molecule has 2 aliphatic carbocycles. The van der Waals surface area contributed by atoms with Crippen LogP contribution in [0.15, 0.2) is 0 Å². The summed E-state index contributed by atoms with van der Waals surface area (Å²) in [6.07, 6.45) is 9.86. The first kappa shape index (κ1) is 15.2. The van der Waals surface area contributed by atoms with Gasteiger partial charge in [-0.2, -0.15) is 11.8 Å². The summed E-state index contributed by atoms with van der Waals surface area (Å²) in [5, 5.41) is 4.87. The lowest BCUT2D eigenvalue weighted by atomic mass is 9.96. The zero-order valence-electron chi connectivity index (χ0n) is 12.3. The van der Waals surface area contributed by atoms with Crippen molar-refractivity contribution in [1.29, 1.82) is 0 Å². The Kier molecular flexibility index (Phi) is 5.18. The van der Waals surface area contributed by atoms with Crippen molar-refractivity contribution in [1.82, 2.24) is 5.32 Å². The van der Waals surface area contributed by atoms with Crippen molar-refractivity contribution >= 4 is 17.7 Å². The molecule has 0 bridgehead atoms. The molecule has 2 atom stereocenters. The average molecular weight is 284 g/mol. The van der Waals surface area contributed by atoms with Gasteiger partial charge in [-0.15, -0.1) is 0 Å². The first-order valence-corrected chi connectivity index (χ1v) is 8.69. The van der Waals surface area contributed by atoms with Gasteiger partial charge in [0.2, 0.25) is 5.91 Å². The van der Waals surface area contributed by atoms with E-state index in [1.165, 1.54) is 32.1 Å². The number of rotatable bonds is 5. The molecule has 2 aliphatic rings. The number of nitrogens with one attached hydrogen (secondary N) is 1. The number of hydrogen-bond acceptors (Lipinski definition) is 3. The number of thioether (sulfide) groups is 1. The Balaban J connectivity index is 1.90. The summed E-state index contributed by atoms with van der Waals surface area (Å²) in [7, 11) is 0. The van der Waals surface area contributed by atoms with Gasteiger partial charge in [0.1, 0.15) is 0 Å². The van der Waals surface area contributed by atoms with E-state index >= 15 is 0 Å². The lowest BCUT2D eigenvalue weighted by Crippen LogP contribution is -2.56. The van der Waals surface area contributed by atoms with Crippen molar-refractivity contribution in [2.45, 2.75) is 87.3 Å². The molecule has 2 fully saturated rings. The van der Waals surface area contributed by atoms with Crippen LogP contribution in [-0.2, 0) is 4.79 Å². The van der Waals surface area contributed by atoms with Gasteiger partial charge in [-0.25, -0.2) is 0 Å². The predicted molar refractivity (Wildman–Crippen MR) is 82.3 cm³/mol. The molecule has 0 aromatic heterocycles. The van der Waals surface area contributed by atoms with Crippen LogP contribution < -0.4 is 11.1 Å². The standard InChI is InChI=1S/C15H28N2OS/c1-11(2)17-15(14(16)18)9-8-13(10-15)19-12-6-4-3-5-7-12/h11-13,17H,3-10H2,1-2H3,(H2,16,18). The third-order valence-corrected chi connectivity index (χ3v) is 6.09. The summed E-state index contributed by atoms with van der Waals surface area (Å²) in [5.74, 6) is -0.159. The fraction of sp³-hybridized carbons (Fsp3) is 0.933. The van der Waals surface area contributed by atoms with Gasteiger partial charge in [-0.1, -0.05) is 19.3 Å². The van der Waals surface area contributed by atoms with Gasteiger partial charge < -0.3 is 11.1 Å². The molecule has 0 saturated heterocycles. The molecular formula is C15H28N2OS. The number of amides is 1. The Bertz CT molecular complexity index is 315. The van der Waals surface area contributed by atoms with Crippen LogP contribution in [0.4, 0.5) is 0 Å². The van der Waals surface area contributed by atoms with Gasteiger partial charge in [0.25, 0.3) is 0 Å². The molecule has 0 heterocycles. The molecule has 110 valence electrons. The molecule has 2 rings (SSSR count). The molecule has 1 amide bonds. The van der Waals surface area contributed by atoms with Gasteiger partial charge in [0.05, 0.1) is 5.54 Å². The average Bonchev–Trinajstić information content (AvgIpc) is 2.74. The van der Waals surface area contributed by atoms with Crippen LogP contribution in [0.5, 0.6) is 0 Å². The maximum absolute atomic E-state index is 11.8. The summed E-state index contributed by atoms with van der Waals surface area (Å²) in [6, 6.07) is 0.311. The lowest BCUT2D eigenvalue weighted by molar-refractivity contribution is -0.124. The number of carbonyl (C=O) groups is 1. The molecule has 3 nitrogen and oxygen atoms in total. The topological polar surface area (TPSA) is 55.1 Å². The molecular weight excluding hydrogens is 256 g/mol. The summed E-state index contributed by atoms with van der Waals surface area (Å²) in [5.41, 5.74) is 5.22. The van der Waals surface area contributed by atoms with Crippen LogP contribution in [0.25, 0.3) is 0 Å². The van der Waals surface area contributed by atoms with E-state index in [4.69, 9.17) is 5.73 Å². The Morgan fingerprint density at radius 2 is 1.89 bits per heavy atom.